The zero-order chi connectivity index (χ0) is 17.6. The van der Waals surface area contributed by atoms with Gasteiger partial charge in [0.25, 0.3) is 0 Å². The summed E-state index contributed by atoms with van der Waals surface area (Å²) in [4.78, 5) is 24.2. The molecule has 0 aliphatic heterocycles. The normalized spacial score (nSPS) is 14.6. The van der Waals surface area contributed by atoms with Gasteiger partial charge in [-0.1, -0.05) is 54.1 Å². The maximum absolute atomic E-state index is 12.2. The minimum absolute atomic E-state index is 0.0114. The van der Waals surface area contributed by atoms with E-state index in [9.17, 15) is 9.59 Å². The predicted octanol–water partition coefficient (Wildman–Crippen LogP) is 3.27. The van der Waals surface area contributed by atoms with E-state index in [1.54, 1.807) is 0 Å². The van der Waals surface area contributed by atoms with Crippen molar-refractivity contribution in [1.82, 2.24) is 10.6 Å². The zero-order valence-corrected chi connectivity index (χ0v) is 14.6. The topological polar surface area (TPSA) is 58.2 Å². The number of nitrogens with one attached hydrogen (secondary N) is 2. The summed E-state index contributed by atoms with van der Waals surface area (Å²) in [6, 6.07) is 17.0. The number of halogens is 1. The second-order valence-electron chi connectivity index (χ2n) is 6.37. The Hall–Kier alpha value is -2.33. The fraction of sp³-hybridized carbons (Fsp3) is 0.300. The van der Waals surface area contributed by atoms with Crippen molar-refractivity contribution in [3.63, 3.8) is 0 Å². The number of rotatable bonds is 7. The Bertz CT molecular complexity index is 727. The van der Waals surface area contributed by atoms with Crippen LogP contribution in [0.2, 0.25) is 5.02 Å². The zero-order valence-electron chi connectivity index (χ0n) is 13.9. The van der Waals surface area contributed by atoms with Crippen LogP contribution in [-0.2, 0) is 16.0 Å². The van der Waals surface area contributed by atoms with Crippen LogP contribution in [0.1, 0.15) is 30.0 Å². The van der Waals surface area contributed by atoms with Crippen LogP contribution in [0, 0.1) is 5.92 Å². The molecule has 3 rings (SSSR count). The van der Waals surface area contributed by atoms with Gasteiger partial charge in [-0.25, -0.2) is 0 Å². The minimum atomic E-state index is -0.173. The van der Waals surface area contributed by atoms with E-state index in [0.29, 0.717) is 10.9 Å². The van der Waals surface area contributed by atoms with Crippen LogP contribution >= 0.6 is 11.6 Å². The van der Waals surface area contributed by atoms with Crippen LogP contribution in [0.4, 0.5) is 0 Å². The molecule has 130 valence electrons. The number of carbonyl (C=O) groups excluding carboxylic acids is 2. The van der Waals surface area contributed by atoms with Gasteiger partial charge in [-0.15, -0.1) is 0 Å². The molecule has 2 aromatic rings. The molecule has 0 spiro atoms. The Labute approximate surface area is 152 Å². The van der Waals surface area contributed by atoms with E-state index in [4.69, 9.17) is 11.6 Å². The maximum atomic E-state index is 12.2. The van der Waals surface area contributed by atoms with Gasteiger partial charge in [-0.3, -0.25) is 9.59 Å². The van der Waals surface area contributed by atoms with E-state index in [2.05, 4.69) is 10.6 Å². The first-order chi connectivity index (χ1) is 12.1. The van der Waals surface area contributed by atoms with Gasteiger partial charge in [0.15, 0.2) is 0 Å². The molecule has 0 radical (unpaired) electrons. The van der Waals surface area contributed by atoms with Crippen LogP contribution in [0.15, 0.2) is 54.6 Å². The lowest BCUT2D eigenvalue weighted by molar-refractivity contribution is -0.126. The van der Waals surface area contributed by atoms with Gasteiger partial charge in [0.2, 0.25) is 11.8 Å². The fourth-order valence-corrected chi connectivity index (χ4v) is 2.95. The molecule has 1 unspecified atom stereocenters. The van der Waals surface area contributed by atoms with Crippen molar-refractivity contribution in [2.24, 2.45) is 5.92 Å². The van der Waals surface area contributed by atoms with E-state index in [0.717, 1.165) is 24.0 Å². The Balaban J connectivity index is 1.50. The highest BCUT2D eigenvalue weighted by Crippen LogP contribution is 2.41. The van der Waals surface area contributed by atoms with Gasteiger partial charge < -0.3 is 10.6 Å². The highest BCUT2D eigenvalue weighted by atomic mass is 35.5. The van der Waals surface area contributed by atoms with Crippen LogP contribution < -0.4 is 10.6 Å². The highest BCUT2D eigenvalue weighted by molar-refractivity contribution is 6.30. The standard InChI is InChI=1S/C20H21ClN2O2/c21-17-10-8-16(9-11-17)20(15-6-7-15)23-19(25)13-22-18(24)12-14-4-2-1-3-5-14/h1-5,8-11,15,20H,6-7,12-13H2,(H,22,24)(H,23,25). The molecule has 1 fully saturated rings. The fourth-order valence-electron chi connectivity index (χ4n) is 2.82. The Morgan fingerprint density at radius 2 is 1.68 bits per heavy atom. The minimum Gasteiger partial charge on any atom is -0.347 e. The maximum Gasteiger partial charge on any atom is 0.239 e. The molecule has 1 atom stereocenters. The largest absolute Gasteiger partial charge is 0.347 e. The molecular formula is C20H21ClN2O2. The number of hydrogen-bond acceptors (Lipinski definition) is 2. The van der Waals surface area contributed by atoms with Crippen molar-refractivity contribution >= 4 is 23.4 Å². The molecule has 0 bridgehead atoms. The first kappa shape index (κ1) is 17.5. The van der Waals surface area contributed by atoms with Crippen molar-refractivity contribution in [1.29, 1.82) is 0 Å². The summed E-state index contributed by atoms with van der Waals surface area (Å²) in [7, 11) is 0. The number of benzene rings is 2. The number of hydrogen-bond donors (Lipinski definition) is 2. The van der Waals surface area contributed by atoms with Gasteiger partial charge in [-0.05, 0) is 42.0 Å². The molecule has 0 aromatic heterocycles. The van der Waals surface area contributed by atoms with E-state index >= 15 is 0 Å². The third kappa shape index (κ3) is 5.33. The van der Waals surface area contributed by atoms with Gasteiger partial charge in [0.1, 0.15) is 0 Å². The molecule has 1 saturated carbocycles. The smallest absolute Gasteiger partial charge is 0.239 e. The van der Waals surface area contributed by atoms with Crippen LogP contribution in [0.25, 0.3) is 0 Å². The quantitative estimate of drug-likeness (QED) is 0.800. The summed E-state index contributed by atoms with van der Waals surface area (Å²) < 4.78 is 0. The summed E-state index contributed by atoms with van der Waals surface area (Å²) >= 11 is 5.93. The van der Waals surface area contributed by atoms with Crippen LogP contribution in [0.3, 0.4) is 0 Å². The van der Waals surface area contributed by atoms with Gasteiger partial charge in [-0.2, -0.15) is 0 Å². The molecule has 25 heavy (non-hydrogen) atoms. The van der Waals surface area contributed by atoms with Crippen molar-refractivity contribution in [2.45, 2.75) is 25.3 Å². The first-order valence-electron chi connectivity index (χ1n) is 8.47. The summed E-state index contributed by atoms with van der Waals surface area (Å²) in [5.74, 6) is 0.134. The van der Waals surface area contributed by atoms with E-state index in [1.165, 1.54) is 0 Å². The summed E-state index contributed by atoms with van der Waals surface area (Å²) in [6.45, 7) is -0.0114. The molecule has 4 nitrogen and oxygen atoms in total. The third-order valence-electron chi connectivity index (χ3n) is 4.29. The lowest BCUT2D eigenvalue weighted by atomic mass is 10.0. The molecule has 1 aliphatic rings. The van der Waals surface area contributed by atoms with Crippen molar-refractivity contribution < 1.29 is 9.59 Å². The lowest BCUT2D eigenvalue weighted by Gasteiger charge is -2.19. The summed E-state index contributed by atoms with van der Waals surface area (Å²) in [6.07, 6.45) is 2.49. The lowest BCUT2D eigenvalue weighted by Crippen LogP contribution is -2.39. The summed E-state index contributed by atoms with van der Waals surface area (Å²) in [5, 5.41) is 6.40. The van der Waals surface area contributed by atoms with Gasteiger partial charge in [0.05, 0.1) is 19.0 Å². The molecule has 2 aromatic carbocycles. The second kappa shape index (κ2) is 8.17. The monoisotopic (exact) mass is 356 g/mol. The molecular weight excluding hydrogens is 336 g/mol. The number of carbonyl (C=O) groups is 2. The van der Waals surface area contributed by atoms with Crippen LogP contribution in [0.5, 0.6) is 0 Å². The summed E-state index contributed by atoms with van der Waals surface area (Å²) in [5.41, 5.74) is 1.98. The molecule has 0 saturated heterocycles. The van der Waals surface area contributed by atoms with Crippen molar-refractivity contribution in [3.8, 4) is 0 Å². The molecule has 0 heterocycles. The van der Waals surface area contributed by atoms with E-state index in [1.807, 2.05) is 54.6 Å². The van der Waals surface area contributed by atoms with Crippen molar-refractivity contribution in [3.05, 3.63) is 70.7 Å². The van der Waals surface area contributed by atoms with E-state index in [-0.39, 0.29) is 30.8 Å². The van der Waals surface area contributed by atoms with Crippen molar-refractivity contribution in [2.75, 3.05) is 6.54 Å². The first-order valence-corrected chi connectivity index (χ1v) is 8.85. The SMILES string of the molecule is O=C(Cc1ccccc1)NCC(=O)NC(c1ccc(Cl)cc1)C1CC1. The average Bonchev–Trinajstić information content (AvgIpc) is 3.45. The Kier molecular flexibility index (Phi) is 5.71. The highest BCUT2D eigenvalue weighted by Gasteiger charge is 2.33. The predicted molar refractivity (Wildman–Crippen MR) is 98.2 cm³/mol. The molecule has 5 heteroatoms. The van der Waals surface area contributed by atoms with E-state index < -0.39 is 0 Å². The Morgan fingerprint density at radius 3 is 2.32 bits per heavy atom. The second-order valence-corrected chi connectivity index (χ2v) is 6.81. The molecule has 2 amide bonds. The Morgan fingerprint density at radius 1 is 1.00 bits per heavy atom. The van der Waals surface area contributed by atoms with Gasteiger partial charge >= 0.3 is 0 Å². The molecule has 2 N–H and O–H groups in total. The third-order valence-corrected chi connectivity index (χ3v) is 4.54. The number of amides is 2. The average molecular weight is 357 g/mol. The van der Waals surface area contributed by atoms with Crippen LogP contribution in [-0.4, -0.2) is 18.4 Å². The van der Waals surface area contributed by atoms with Gasteiger partial charge in [0, 0.05) is 5.02 Å². The molecule has 1 aliphatic carbocycles.